The zero-order valence-electron chi connectivity index (χ0n) is 21.0. The standard InChI is InChI=1S/C26H46N2O3/c1-7-14-26(15-8-2)22(30-11-5)20-25(21-23(26)31-12-6)16-19-28(24(25)29)18-13-17-27(9-3)10-4/h20-21H,7-19H2,1-6H3. The first-order valence-corrected chi connectivity index (χ1v) is 12.7. The van der Waals surface area contributed by atoms with Gasteiger partial charge < -0.3 is 19.3 Å². The average molecular weight is 435 g/mol. The van der Waals surface area contributed by atoms with Gasteiger partial charge in [-0.2, -0.15) is 0 Å². The van der Waals surface area contributed by atoms with Crippen LogP contribution in [-0.4, -0.2) is 61.6 Å². The van der Waals surface area contributed by atoms with E-state index in [-0.39, 0.29) is 11.3 Å². The first-order chi connectivity index (χ1) is 15.0. The van der Waals surface area contributed by atoms with Crippen LogP contribution >= 0.6 is 0 Å². The molecule has 178 valence electrons. The van der Waals surface area contributed by atoms with Gasteiger partial charge in [0.2, 0.25) is 5.91 Å². The maximum absolute atomic E-state index is 13.6. The van der Waals surface area contributed by atoms with Crippen molar-refractivity contribution >= 4 is 5.91 Å². The third kappa shape index (κ3) is 5.47. The SMILES string of the molecule is CCCC1(CCC)C(OCC)=CC2(C=C1OCC)CCN(CCCN(CC)CC)C2=O. The van der Waals surface area contributed by atoms with E-state index < -0.39 is 5.41 Å². The van der Waals surface area contributed by atoms with E-state index in [2.05, 4.69) is 49.6 Å². The number of ether oxygens (including phenoxy) is 2. The van der Waals surface area contributed by atoms with Gasteiger partial charge in [-0.15, -0.1) is 0 Å². The molecule has 2 rings (SSSR count). The van der Waals surface area contributed by atoms with Crippen molar-refractivity contribution in [1.29, 1.82) is 0 Å². The van der Waals surface area contributed by atoms with Gasteiger partial charge in [-0.3, -0.25) is 4.79 Å². The number of rotatable bonds is 14. The van der Waals surface area contributed by atoms with Gasteiger partial charge in [-0.1, -0.05) is 40.5 Å². The molecular formula is C26H46N2O3. The van der Waals surface area contributed by atoms with Gasteiger partial charge >= 0.3 is 0 Å². The largest absolute Gasteiger partial charge is 0.497 e. The first-order valence-electron chi connectivity index (χ1n) is 12.7. The summed E-state index contributed by atoms with van der Waals surface area (Å²) >= 11 is 0. The molecule has 1 heterocycles. The molecule has 5 nitrogen and oxygen atoms in total. The fraction of sp³-hybridized carbons (Fsp3) is 0.808. The summed E-state index contributed by atoms with van der Waals surface area (Å²) in [4.78, 5) is 18.1. The minimum Gasteiger partial charge on any atom is -0.497 e. The van der Waals surface area contributed by atoms with Crippen molar-refractivity contribution < 1.29 is 14.3 Å². The quantitative estimate of drug-likeness (QED) is 0.368. The Morgan fingerprint density at radius 1 is 0.935 bits per heavy atom. The second-order valence-electron chi connectivity index (χ2n) is 8.93. The Kier molecular flexibility index (Phi) is 9.92. The summed E-state index contributed by atoms with van der Waals surface area (Å²) in [6.07, 6.45) is 10.2. The van der Waals surface area contributed by atoms with Crippen LogP contribution < -0.4 is 0 Å². The minimum atomic E-state index is -0.616. The van der Waals surface area contributed by atoms with Crippen LogP contribution in [0.25, 0.3) is 0 Å². The summed E-state index contributed by atoms with van der Waals surface area (Å²) in [5, 5.41) is 0. The minimum absolute atomic E-state index is 0.211. The number of likely N-dealkylation sites (tertiary alicyclic amines) is 1. The molecule has 0 atom stereocenters. The molecule has 0 N–H and O–H groups in total. The number of nitrogens with zero attached hydrogens (tertiary/aromatic N) is 2. The average Bonchev–Trinajstić information content (AvgIpc) is 3.05. The van der Waals surface area contributed by atoms with Crippen LogP contribution in [0.2, 0.25) is 0 Å². The Morgan fingerprint density at radius 3 is 1.94 bits per heavy atom. The number of hydrogen-bond donors (Lipinski definition) is 0. The van der Waals surface area contributed by atoms with Gasteiger partial charge in [-0.05, 0) is 71.3 Å². The molecule has 1 aliphatic heterocycles. The lowest BCUT2D eigenvalue weighted by Crippen LogP contribution is -2.40. The number of amides is 1. The van der Waals surface area contributed by atoms with Crippen LogP contribution in [-0.2, 0) is 14.3 Å². The van der Waals surface area contributed by atoms with E-state index in [1.807, 2.05) is 13.8 Å². The molecule has 1 aliphatic carbocycles. The summed E-state index contributed by atoms with van der Waals surface area (Å²) in [7, 11) is 0. The summed E-state index contributed by atoms with van der Waals surface area (Å²) in [5.41, 5.74) is -0.855. The number of hydrogen-bond acceptors (Lipinski definition) is 4. The first kappa shape index (κ1) is 25.8. The summed E-state index contributed by atoms with van der Waals surface area (Å²) in [6, 6.07) is 0. The van der Waals surface area contributed by atoms with Gasteiger partial charge in [0.25, 0.3) is 0 Å². The van der Waals surface area contributed by atoms with Gasteiger partial charge in [0.15, 0.2) is 0 Å². The Labute approximate surface area is 190 Å². The van der Waals surface area contributed by atoms with E-state index >= 15 is 0 Å². The van der Waals surface area contributed by atoms with Crippen molar-refractivity contribution in [2.45, 2.75) is 80.1 Å². The van der Waals surface area contributed by atoms with Crippen molar-refractivity contribution in [2.24, 2.45) is 10.8 Å². The molecule has 1 spiro atoms. The molecular weight excluding hydrogens is 388 g/mol. The Balaban J connectivity index is 2.32. The molecule has 0 unspecified atom stereocenters. The topological polar surface area (TPSA) is 42.0 Å². The normalized spacial score (nSPS) is 19.7. The third-order valence-corrected chi connectivity index (χ3v) is 6.95. The highest BCUT2D eigenvalue weighted by molar-refractivity contribution is 5.89. The van der Waals surface area contributed by atoms with E-state index in [1.165, 1.54) is 0 Å². The number of carbonyl (C=O) groups excluding carboxylic acids is 1. The van der Waals surface area contributed by atoms with Crippen LogP contribution in [0.4, 0.5) is 0 Å². The van der Waals surface area contributed by atoms with Gasteiger partial charge in [-0.25, -0.2) is 0 Å². The van der Waals surface area contributed by atoms with E-state index in [0.29, 0.717) is 13.2 Å². The van der Waals surface area contributed by atoms with Gasteiger partial charge in [0.1, 0.15) is 11.5 Å². The number of carbonyl (C=O) groups is 1. The van der Waals surface area contributed by atoms with E-state index in [4.69, 9.17) is 9.47 Å². The van der Waals surface area contributed by atoms with E-state index in [9.17, 15) is 4.79 Å². The maximum Gasteiger partial charge on any atom is 0.236 e. The highest BCUT2D eigenvalue weighted by Crippen LogP contribution is 2.53. The van der Waals surface area contributed by atoms with Gasteiger partial charge in [0, 0.05) is 13.1 Å². The predicted molar refractivity (Wildman–Crippen MR) is 128 cm³/mol. The smallest absolute Gasteiger partial charge is 0.236 e. The Morgan fingerprint density at radius 2 is 1.48 bits per heavy atom. The molecule has 2 aliphatic rings. The van der Waals surface area contributed by atoms with Crippen molar-refractivity contribution in [2.75, 3.05) is 45.9 Å². The van der Waals surface area contributed by atoms with Crippen molar-refractivity contribution in [3.8, 4) is 0 Å². The molecule has 0 saturated carbocycles. The molecule has 0 aromatic heterocycles. The fourth-order valence-corrected chi connectivity index (χ4v) is 5.38. The molecule has 1 saturated heterocycles. The lowest BCUT2D eigenvalue weighted by atomic mass is 9.67. The molecule has 1 amide bonds. The van der Waals surface area contributed by atoms with Crippen LogP contribution in [0.3, 0.4) is 0 Å². The second-order valence-corrected chi connectivity index (χ2v) is 8.93. The summed E-state index contributed by atoms with van der Waals surface area (Å²) in [6.45, 7) is 18.9. The van der Waals surface area contributed by atoms with Crippen molar-refractivity contribution in [3.05, 3.63) is 23.7 Å². The lowest BCUT2D eigenvalue weighted by molar-refractivity contribution is -0.132. The summed E-state index contributed by atoms with van der Waals surface area (Å²) < 4.78 is 12.5. The zero-order chi connectivity index (χ0) is 22.9. The van der Waals surface area contributed by atoms with Crippen LogP contribution in [0.1, 0.15) is 80.1 Å². The third-order valence-electron chi connectivity index (χ3n) is 6.95. The zero-order valence-corrected chi connectivity index (χ0v) is 21.0. The van der Waals surface area contributed by atoms with Gasteiger partial charge in [0.05, 0.1) is 24.0 Å². The highest BCUT2D eigenvalue weighted by Gasteiger charge is 2.52. The Hall–Kier alpha value is -1.49. The van der Waals surface area contributed by atoms with Crippen LogP contribution in [0.5, 0.6) is 0 Å². The van der Waals surface area contributed by atoms with Crippen molar-refractivity contribution in [3.63, 3.8) is 0 Å². The van der Waals surface area contributed by atoms with E-state index in [1.54, 1.807) is 0 Å². The highest BCUT2D eigenvalue weighted by atomic mass is 16.5. The molecule has 0 aromatic carbocycles. The predicted octanol–water partition coefficient (Wildman–Crippen LogP) is 5.38. The molecule has 0 radical (unpaired) electrons. The molecule has 1 fully saturated rings. The summed E-state index contributed by atoms with van der Waals surface area (Å²) in [5.74, 6) is 2.13. The maximum atomic E-state index is 13.6. The molecule has 0 aromatic rings. The Bertz CT molecular complexity index is 605. The lowest BCUT2D eigenvalue weighted by Gasteiger charge is -2.42. The van der Waals surface area contributed by atoms with Crippen molar-refractivity contribution in [1.82, 2.24) is 9.80 Å². The molecule has 5 heteroatoms. The monoisotopic (exact) mass is 434 g/mol. The van der Waals surface area contributed by atoms with E-state index in [0.717, 1.165) is 82.8 Å². The van der Waals surface area contributed by atoms with Crippen LogP contribution in [0, 0.1) is 10.8 Å². The molecule has 31 heavy (non-hydrogen) atoms. The molecule has 0 bridgehead atoms. The second kappa shape index (κ2) is 11.9. The fourth-order valence-electron chi connectivity index (χ4n) is 5.38. The van der Waals surface area contributed by atoms with Crippen LogP contribution in [0.15, 0.2) is 23.7 Å².